The fourth-order valence-corrected chi connectivity index (χ4v) is 3.00. The molecule has 0 spiro atoms. The van der Waals surface area contributed by atoms with Crippen molar-refractivity contribution in [3.8, 4) is 0 Å². The van der Waals surface area contributed by atoms with Crippen molar-refractivity contribution in [3.05, 3.63) is 27.6 Å². The van der Waals surface area contributed by atoms with Crippen LogP contribution in [0.3, 0.4) is 0 Å². The molecule has 2 aromatic rings. The molecule has 96 valence electrons. The van der Waals surface area contributed by atoms with Gasteiger partial charge in [-0.2, -0.15) is 9.61 Å². The lowest BCUT2D eigenvalue weighted by Gasteiger charge is -2.14. The predicted molar refractivity (Wildman–Crippen MR) is 69.6 cm³/mol. The van der Waals surface area contributed by atoms with Crippen LogP contribution in [0.4, 0.5) is 0 Å². The summed E-state index contributed by atoms with van der Waals surface area (Å²) in [7, 11) is 0. The topological polar surface area (TPSA) is 76.5 Å². The van der Waals surface area contributed by atoms with Gasteiger partial charge >= 0.3 is 0 Å². The number of rotatable bonds is 3. The third-order valence-electron chi connectivity index (χ3n) is 3.33. The minimum Gasteiger partial charge on any atom is -0.330 e. The van der Waals surface area contributed by atoms with Gasteiger partial charge in [0.05, 0.1) is 5.69 Å². The van der Waals surface area contributed by atoms with Crippen molar-refractivity contribution in [2.75, 3.05) is 19.6 Å². The van der Waals surface area contributed by atoms with E-state index in [-0.39, 0.29) is 5.56 Å². The second-order valence-electron chi connectivity index (χ2n) is 4.64. The Morgan fingerprint density at radius 1 is 1.56 bits per heavy atom. The molecule has 0 amide bonds. The van der Waals surface area contributed by atoms with E-state index in [9.17, 15) is 4.79 Å². The predicted octanol–water partition coefficient (Wildman–Crippen LogP) is -0.0684. The highest BCUT2D eigenvalue weighted by molar-refractivity contribution is 7.14. The fourth-order valence-electron chi connectivity index (χ4n) is 2.36. The van der Waals surface area contributed by atoms with Gasteiger partial charge in [-0.15, -0.1) is 0 Å². The zero-order chi connectivity index (χ0) is 12.5. The highest BCUT2D eigenvalue weighted by Crippen LogP contribution is 2.16. The maximum atomic E-state index is 11.8. The second kappa shape index (κ2) is 4.75. The summed E-state index contributed by atoms with van der Waals surface area (Å²) < 4.78 is 1.33. The van der Waals surface area contributed by atoms with Gasteiger partial charge in [0.15, 0.2) is 0 Å². The first-order chi connectivity index (χ1) is 8.76. The van der Waals surface area contributed by atoms with Crippen molar-refractivity contribution in [2.45, 2.75) is 13.0 Å². The molecule has 18 heavy (non-hydrogen) atoms. The quantitative estimate of drug-likeness (QED) is 0.841. The van der Waals surface area contributed by atoms with Gasteiger partial charge in [-0.3, -0.25) is 9.69 Å². The highest BCUT2D eigenvalue weighted by atomic mass is 32.1. The van der Waals surface area contributed by atoms with Gasteiger partial charge in [0, 0.05) is 19.2 Å². The van der Waals surface area contributed by atoms with E-state index in [0.29, 0.717) is 10.9 Å². The van der Waals surface area contributed by atoms with Crippen molar-refractivity contribution in [1.29, 1.82) is 0 Å². The van der Waals surface area contributed by atoms with E-state index < -0.39 is 0 Å². The van der Waals surface area contributed by atoms with Crippen molar-refractivity contribution >= 4 is 16.3 Å². The summed E-state index contributed by atoms with van der Waals surface area (Å²) in [6.45, 7) is 3.49. The number of nitrogens with two attached hydrogens (primary N) is 1. The molecule has 6 nitrogen and oxygen atoms in total. The molecule has 2 aromatic heterocycles. The molecule has 1 aliphatic heterocycles. The van der Waals surface area contributed by atoms with Crippen LogP contribution in [0.5, 0.6) is 0 Å². The number of aromatic nitrogens is 3. The third-order valence-corrected chi connectivity index (χ3v) is 4.00. The van der Waals surface area contributed by atoms with Gasteiger partial charge in [0.2, 0.25) is 4.96 Å². The molecule has 0 bridgehead atoms. The van der Waals surface area contributed by atoms with E-state index in [4.69, 9.17) is 5.73 Å². The normalized spacial score (nSPS) is 20.8. The zero-order valence-corrected chi connectivity index (χ0v) is 10.8. The summed E-state index contributed by atoms with van der Waals surface area (Å²) in [4.78, 5) is 19.2. The Labute approximate surface area is 108 Å². The first kappa shape index (κ1) is 11.8. The van der Waals surface area contributed by atoms with Crippen LogP contribution in [-0.4, -0.2) is 39.1 Å². The largest absolute Gasteiger partial charge is 0.330 e. The van der Waals surface area contributed by atoms with E-state index in [1.165, 1.54) is 15.9 Å². The van der Waals surface area contributed by atoms with E-state index >= 15 is 0 Å². The van der Waals surface area contributed by atoms with E-state index in [1.807, 2.05) is 0 Å². The summed E-state index contributed by atoms with van der Waals surface area (Å²) in [5.74, 6) is 0.582. The summed E-state index contributed by atoms with van der Waals surface area (Å²) in [6, 6.07) is 1.57. The Morgan fingerprint density at radius 2 is 2.44 bits per heavy atom. The lowest BCUT2D eigenvalue weighted by Crippen LogP contribution is -2.25. The molecule has 0 aromatic carbocycles. The van der Waals surface area contributed by atoms with Gasteiger partial charge in [-0.25, -0.2) is 4.98 Å². The van der Waals surface area contributed by atoms with Crippen molar-refractivity contribution in [3.63, 3.8) is 0 Å². The lowest BCUT2D eigenvalue weighted by atomic mass is 10.1. The molecule has 3 heterocycles. The monoisotopic (exact) mass is 265 g/mol. The standard InChI is InChI=1S/C11H15N5OS/c12-4-8-1-2-15(5-8)6-9-3-10(17)16-11(14-9)18-7-13-16/h3,7-8H,1-2,4-6,12H2. The highest BCUT2D eigenvalue weighted by Gasteiger charge is 2.21. The Hall–Kier alpha value is -1.31. The Morgan fingerprint density at radius 3 is 3.22 bits per heavy atom. The number of hydrogen-bond donors (Lipinski definition) is 1. The number of fused-ring (bicyclic) bond motifs is 1. The van der Waals surface area contributed by atoms with Crippen LogP contribution in [0, 0.1) is 5.92 Å². The van der Waals surface area contributed by atoms with Crippen LogP contribution < -0.4 is 11.3 Å². The Kier molecular flexibility index (Phi) is 3.11. The van der Waals surface area contributed by atoms with Crippen LogP contribution in [-0.2, 0) is 6.54 Å². The smallest absolute Gasteiger partial charge is 0.275 e. The zero-order valence-electron chi connectivity index (χ0n) is 9.95. The van der Waals surface area contributed by atoms with Gasteiger partial charge in [-0.1, -0.05) is 11.3 Å². The van der Waals surface area contributed by atoms with E-state index in [2.05, 4.69) is 15.0 Å². The molecule has 2 N–H and O–H groups in total. The molecular weight excluding hydrogens is 250 g/mol. The van der Waals surface area contributed by atoms with Gasteiger partial charge in [0.25, 0.3) is 5.56 Å². The first-order valence-corrected chi connectivity index (χ1v) is 6.89. The van der Waals surface area contributed by atoms with E-state index in [1.54, 1.807) is 11.6 Å². The molecule has 7 heteroatoms. The molecule has 1 aliphatic rings. The number of hydrogen-bond acceptors (Lipinski definition) is 6. The van der Waals surface area contributed by atoms with Crippen LogP contribution in [0.1, 0.15) is 12.1 Å². The average Bonchev–Trinajstić information content (AvgIpc) is 2.97. The van der Waals surface area contributed by atoms with Gasteiger partial charge in [-0.05, 0) is 25.4 Å². The molecular formula is C11H15N5OS. The molecule has 0 aliphatic carbocycles. The summed E-state index contributed by atoms with van der Waals surface area (Å²) in [5.41, 5.74) is 8.02. The van der Waals surface area contributed by atoms with Crippen LogP contribution >= 0.6 is 11.3 Å². The van der Waals surface area contributed by atoms with Crippen LogP contribution in [0.15, 0.2) is 16.4 Å². The average molecular weight is 265 g/mol. The lowest BCUT2D eigenvalue weighted by molar-refractivity contribution is 0.314. The SMILES string of the molecule is NCC1CCN(Cc2cc(=O)n3ncsc3n2)C1. The van der Waals surface area contributed by atoms with Crippen molar-refractivity contribution in [1.82, 2.24) is 19.5 Å². The van der Waals surface area contributed by atoms with E-state index in [0.717, 1.165) is 38.3 Å². The minimum absolute atomic E-state index is 0.106. The minimum atomic E-state index is -0.106. The molecule has 3 rings (SSSR count). The molecule has 1 unspecified atom stereocenters. The maximum Gasteiger partial charge on any atom is 0.275 e. The van der Waals surface area contributed by atoms with Crippen molar-refractivity contribution < 1.29 is 0 Å². The number of nitrogens with zero attached hydrogens (tertiary/aromatic N) is 4. The Balaban J connectivity index is 1.81. The molecule has 0 radical (unpaired) electrons. The van der Waals surface area contributed by atoms with Gasteiger partial charge < -0.3 is 5.73 Å². The number of likely N-dealkylation sites (tertiary alicyclic amines) is 1. The molecule has 0 saturated carbocycles. The first-order valence-electron chi connectivity index (χ1n) is 6.01. The second-order valence-corrected chi connectivity index (χ2v) is 5.46. The Bertz CT molecular complexity index is 607. The van der Waals surface area contributed by atoms with Gasteiger partial charge in [0.1, 0.15) is 5.51 Å². The van der Waals surface area contributed by atoms with Crippen LogP contribution in [0.25, 0.3) is 4.96 Å². The molecule has 1 fully saturated rings. The van der Waals surface area contributed by atoms with Crippen LogP contribution in [0.2, 0.25) is 0 Å². The third kappa shape index (κ3) is 2.16. The summed E-state index contributed by atoms with van der Waals surface area (Å²) in [6.07, 6.45) is 1.14. The van der Waals surface area contributed by atoms with Crippen molar-refractivity contribution in [2.24, 2.45) is 11.7 Å². The fraction of sp³-hybridized carbons (Fsp3) is 0.545. The molecule has 1 saturated heterocycles. The summed E-state index contributed by atoms with van der Waals surface area (Å²) in [5, 5.41) is 3.95. The molecule has 1 atom stereocenters. The summed E-state index contributed by atoms with van der Waals surface area (Å²) >= 11 is 1.38. The maximum absolute atomic E-state index is 11.8.